The highest BCUT2D eigenvalue weighted by atomic mass is 79.9. The Morgan fingerprint density at radius 2 is 2.00 bits per heavy atom. The Balaban J connectivity index is 2.21. The van der Waals surface area contributed by atoms with Gasteiger partial charge in [-0.1, -0.05) is 22.0 Å². The Morgan fingerprint density at radius 1 is 1.22 bits per heavy atom. The van der Waals surface area contributed by atoms with Crippen LogP contribution in [0.2, 0.25) is 0 Å². The summed E-state index contributed by atoms with van der Waals surface area (Å²) in [6, 6.07) is 7.16. The SMILES string of the molecule is OC(Cc1ccc(Br)cc1F)c1ncccc1F. The molecule has 1 heterocycles. The molecule has 94 valence electrons. The molecular formula is C13H10BrF2NO. The van der Waals surface area contributed by atoms with Gasteiger partial charge in [0.1, 0.15) is 23.4 Å². The molecule has 1 atom stereocenters. The molecule has 0 saturated heterocycles. The van der Waals surface area contributed by atoms with Crippen molar-refractivity contribution in [2.45, 2.75) is 12.5 Å². The summed E-state index contributed by atoms with van der Waals surface area (Å²) in [5, 5.41) is 9.87. The van der Waals surface area contributed by atoms with Gasteiger partial charge < -0.3 is 5.11 Å². The van der Waals surface area contributed by atoms with Gasteiger partial charge in [0, 0.05) is 17.1 Å². The van der Waals surface area contributed by atoms with E-state index in [2.05, 4.69) is 20.9 Å². The first-order valence-corrected chi connectivity index (χ1v) is 6.09. The van der Waals surface area contributed by atoms with Crippen molar-refractivity contribution in [1.82, 2.24) is 4.98 Å². The van der Waals surface area contributed by atoms with Crippen LogP contribution in [0.3, 0.4) is 0 Å². The topological polar surface area (TPSA) is 33.1 Å². The Morgan fingerprint density at radius 3 is 2.67 bits per heavy atom. The lowest BCUT2D eigenvalue weighted by Gasteiger charge is -2.11. The van der Waals surface area contributed by atoms with Crippen LogP contribution in [0.1, 0.15) is 17.4 Å². The maximum Gasteiger partial charge on any atom is 0.147 e. The van der Waals surface area contributed by atoms with Crippen molar-refractivity contribution in [2.75, 3.05) is 0 Å². The number of pyridine rings is 1. The number of aromatic nitrogens is 1. The van der Waals surface area contributed by atoms with Crippen molar-refractivity contribution >= 4 is 15.9 Å². The minimum atomic E-state index is -1.16. The first-order valence-electron chi connectivity index (χ1n) is 5.30. The first-order chi connectivity index (χ1) is 8.58. The molecule has 0 aliphatic carbocycles. The van der Waals surface area contributed by atoms with Crippen molar-refractivity contribution in [3.63, 3.8) is 0 Å². The monoisotopic (exact) mass is 313 g/mol. The predicted molar refractivity (Wildman–Crippen MR) is 67.0 cm³/mol. The van der Waals surface area contributed by atoms with E-state index in [1.54, 1.807) is 12.1 Å². The van der Waals surface area contributed by atoms with Crippen molar-refractivity contribution in [2.24, 2.45) is 0 Å². The zero-order valence-electron chi connectivity index (χ0n) is 9.28. The second-order valence-corrected chi connectivity index (χ2v) is 4.74. The summed E-state index contributed by atoms with van der Waals surface area (Å²) in [6.45, 7) is 0. The molecule has 0 bridgehead atoms. The van der Waals surface area contributed by atoms with Gasteiger partial charge in [-0.25, -0.2) is 8.78 Å². The molecule has 1 unspecified atom stereocenters. The molecule has 0 amide bonds. The highest BCUT2D eigenvalue weighted by Gasteiger charge is 2.16. The molecule has 0 aliphatic heterocycles. The lowest BCUT2D eigenvalue weighted by atomic mass is 10.0. The van der Waals surface area contributed by atoms with Crippen molar-refractivity contribution in [3.05, 3.63) is 63.9 Å². The number of benzene rings is 1. The molecule has 1 aromatic carbocycles. The fraction of sp³-hybridized carbons (Fsp3) is 0.154. The standard InChI is InChI=1S/C13H10BrF2NO/c14-9-4-3-8(11(16)7-9)6-12(18)13-10(15)2-1-5-17-13/h1-5,7,12,18H,6H2. The van der Waals surface area contributed by atoms with Gasteiger partial charge in [0.2, 0.25) is 0 Å². The second-order valence-electron chi connectivity index (χ2n) is 3.83. The molecule has 0 fully saturated rings. The molecular weight excluding hydrogens is 304 g/mol. The molecule has 0 saturated carbocycles. The van der Waals surface area contributed by atoms with Gasteiger partial charge in [0.05, 0.1) is 0 Å². The number of rotatable bonds is 3. The third kappa shape index (κ3) is 2.91. The molecule has 0 radical (unpaired) electrons. The second kappa shape index (κ2) is 5.54. The maximum atomic E-state index is 13.6. The van der Waals surface area contributed by atoms with Crippen LogP contribution >= 0.6 is 15.9 Å². The third-order valence-corrected chi connectivity index (χ3v) is 3.02. The fourth-order valence-electron chi connectivity index (χ4n) is 1.64. The summed E-state index contributed by atoms with van der Waals surface area (Å²) in [6.07, 6.45) is 0.203. The lowest BCUT2D eigenvalue weighted by molar-refractivity contribution is 0.167. The fourth-order valence-corrected chi connectivity index (χ4v) is 1.97. The molecule has 5 heteroatoms. The van der Waals surface area contributed by atoms with Gasteiger partial charge in [-0.05, 0) is 29.8 Å². The van der Waals surface area contributed by atoms with Gasteiger partial charge in [-0.2, -0.15) is 0 Å². The van der Waals surface area contributed by atoms with Gasteiger partial charge in [0.25, 0.3) is 0 Å². The minimum Gasteiger partial charge on any atom is -0.386 e. The quantitative estimate of drug-likeness (QED) is 0.942. The van der Waals surface area contributed by atoms with Gasteiger partial charge in [0.15, 0.2) is 0 Å². The molecule has 0 spiro atoms. The number of halogens is 3. The molecule has 2 rings (SSSR count). The van der Waals surface area contributed by atoms with E-state index in [0.717, 1.165) is 0 Å². The van der Waals surface area contributed by atoms with E-state index in [9.17, 15) is 13.9 Å². The normalized spacial score (nSPS) is 12.4. The summed E-state index contributed by atoms with van der Waals surface area (Å²) < 4.78 is 27.6. The molecule has 2 aromatic rings. The van der Waals surface area contributed by atoms with E-state index in [0.29, 0.717) is 10.0 Å². The summed E-state index contributed by atoms with van der Waals surface area (Å²) in [5.41, 5.74) is 0.246. The van der Waals surface area contributed by atoms with Crippen LogP contribution in [0, 0.1) is 11.6 Å². The van der Waals surface area contributed by atoms with Gasteiger partial charge in [-0.3, -0.25) is 4.98 Å². The molecule has 0 aliphatic rings. The van der Waals surface area contributed by atoms with Crippen molar-refractivity contribution in [3.8, 4) is 0 Å². The van der Waals surface area contributed by atoms with Crippen LogP contribution in [0.5, 0.6) is 0 Å². The van der Waals surface area contributed by atoms with E-state index in [-0.39, 0.29) is 12.1 Å². The smallest absolute Gasteiger partial charge is 0.147 e. The number of nitrogens with zero attached hydrogens (tertiary/aromatic N) is 1. The average molecular weight is 314 g/mol. The molecule has 18 heavy (non-hydrogen) atoms. The van der Waals surface area contributed by atoms with E-state index in [1.165, 1.54) is 24.4 Å². The average Bonchev–Trinajstić information content (AvgIpc) is 2.33. The van der Waals surface area contributed by atoms with Crippen LogP contribution in [0.4, 0.5) is 8.78 Å². The van der Waals surface area contributed by atoms with Crippen LogP contribution in [-0.4, -0.2) is 10.1 Å². The Kier molecular flexibility index (Phi) is 4.04. The highest BCUT2D eigenvalue weighted by Crippen LogP contribution is 2.22. The van der Waals surface area contributed by atoms with Crippen LogP contribution in [0.25, 0.3) is 0 Å². The number of hydrogen-bond acceptors (Lipinski definition) is 2. The highest BCUT2D eigenvalue weighted by molar-refractivity contribution is 9.10. The summed E-state index contributed by atoms with van der Waals surface area (Å²) in [4.78, 5) is 3.76. The summed E-state index contributed by atoms with van der Waals surface area (Å²) >= 11 is 3.14. The molecule has 1 N–H and O–H groups in total. The maximum absolute atomic E-state index is 13.6. The number of aliphatic hydroxyl groups excluding tert-OH is 1. The minimum absolute atomic E-state index is 0.0208. The molecule has 2 nitrogen and oxygen atoms in total. The zero-order chi connectivity index (χ0) is 13.1. The number of aliphatic hydroxyl groups is 1. The third-order valence-electron chi connectivity index (χ3n) is 2.53. The number of hydrogen-bond donors (Lipinski definition) is 1. The zero-order valence-corrected chi connectivity index (χ0v) is 10.9. The van der Waals surface area contributed by atoms with E-state index in [1.807, 2.05) is 0 Å². The van der Waals surface area contributed by atoms with E-state index in [4.69, 9.17) is 0 Å². The first kappa shape index (κ1) is 13.1. The Labute approximate surface area is 111 Å². The predicted octanol–water partition coefficient (Wildman–Crippen LogP) is 3.40. The van der Waals surface area contributed by atoms with Crippen LogP contribution < -0.4 is 0 Å². The van der Waals surface area contributed by atoms with Crippen LogP contribution in [-0.2, 0) is 6.42 Å². The summed E-state index contributed by atoms with van der Waals surface area (Å²) in [7, 11) is 0. The van der Waals surface area contributed by atoms with E-state index >= 15 is 0 Å². The summed E-state index contributed by atoms with van der Waals surface area (Å²) in [5.74, 6) is -1.04. The lowest BCUT2D eigenvalue weighted by Crippen LogP contribution is -2.07. The Hall–Kier alpha value is -1.33. The van der Waals surface area contributed by atoms with Gasteiger partial charge >= 0.3 is 0 Å². The van der Waals surface area contributed by atoms with E-state index < -0.39 is 17.7 Å². The molecule has 1 aromatic heterocycles. The Bertz CT molecular complexity index is 562. The van der Waals surface area contributed by atoms with Crippen molar-refractivity contribution < 1.29 is 13.9 Å². The van der Waals surface area contributed by atoms with Gasteiger partial charge in [-0.15, -0.1) is 0 Å². The largest absolute Gasteiger partial charge is 0.386 e. The van der Waals surface area contributed by atoms with Crippen LogP contribution in [0.15, 0.2) is 41.0 Å². The van der Waals surface area contributed by atoms with Crippen molar-refractivity contribution in [1.29, 1.82) is 0 Å².